The maximum atomic E-state index is 13.5. The third-order valence-electron chi connectivity index (χ3n) is 6.93. The first-order valence-electron chi connectivity index (χ1n) is 12.0. The van der Waals surface area contributed by atoms with Crippen molar-refractivity contribution in [3.63, 3.8) is 0 Å². The van der Waals surface area contributed by atoms with Gasteiger partial charge in [0.15, 0.2) is 5.75 Å². The zero-order chi connectivity index (χ0) is 25.0. The summed E-state index contributed by atoms with van der Waals surface area (Å²) in [6, 6.07) is 4.60. The number of fused-ring (bicyclic) bond motifs is 1. The summed E-state index contributed by atoms with van der Waals surface area (Å²) in [7, 11) is -1.96. The van der Waals surface area contributed by atoms with Gasteiger partial charge in [-0.05, 0) is 31.9 Å². The molecule has 0 radical (unpaired) electrons. The number of nitrogens with one attached hydrogen (secondary N) is 1. The number of aliphatic hydroxyl groups excluding tert-OH is 1. The van der Waals surface area contributed by atoms with Crippen molar-refractivity contribution in [3.05, 3.63) is 23.8 Å². The molecule has 3 rings (SSSR count). The Balaban J connectivity index is 2.00. The topological polar surface area (TPSA) is 116 Å². The zero-order valence-electron chi connectivity index (χ0n) is 20.5. The Labute approximate surface area is 202 Å². The number of likely N-dealkylation sites (N-methyl/N-ethyl adjacent to an activating group) is 1. The van der Waals surface area contributed by atoms with E-state index in [1.54, 1.807) is 30.0 Å². The molecule has 34 heavy (non-hydrogen) atoms. The average molecular weight is 496 g/mol. The van der Waals surface area contributed by atoms with Gasteiger partial charge in [0.1, 0.15) is 6.10 Å². The Bertz CT molecular complexity index is 992. The van der Waals surface area contributed by atoms with Crippen molar-refractivity contribution in [1.82, 2.24) is 9.21 Å². The van der Waals surface area contributed by atoms with E-state index < -0.39 is 22.2 Å². The highest BCUT2D eigenvalue weighted by Gasteiger charge is 2.35. The van der Waals surface area contributed by atoms with Crippen molar-refractivity contribution in [2.24, 2.45) is 11.8 Å². The Hall–Kier alpha value is -2.17. The van der Waals surface area contributed by atoms with Gasteiger partial charge in [-0.15, -0.1) is 0 Å². The van der Waals surface area contributed by atoms with E-state index in [9.17, 15) is 23.1 Å². The van der Waals surface area contributed by atoms with Gasteiger partial charge in [0, 0.05) is 25.4 Å². The van der Waals surface area contributed by atoms with Gasteiger partial charge >= 0.3 is 0 Å². The molecule has 2 amide bonds. The van der Waals surface area contributed by atoms with Crippen molar-refractivity contribution in [1.29, 1.82) is 0 Å². The van der Waals surface area contributed by atoms with Crippen LogP contribution in [0.5, 0.6) is 5.75 Å². The number of ether oxygens (including phenoxy) is 1. The van der Waals surface area contributed by atoms with Crippen LogP contribution in [0.15, 0.2) is 18.2 Å². The molecule has 1 saturated carbocycles. The highest BCUT2D eigenvalue weighted by Crippen LogP contribution is 2.36. The normalized spacial score (nSPS) is 23.0. The van der Waals surface area contributed by atoms with Crippen molar-refractivity contribution >= 4 is 27.5 Å². The first-order chi connectivity index (χ1) is 16.0. The smallest absolute Gasteiger partial charge is 0.258 e. The van der Waals surface area contributed by atoms with Gasteiger partial charge in [-0.3, -0.25) is 9.59 Å². The molecule has 1 heterocycles. The number of para-hydroxylation sites is 1. The quantitative estimate of drug-likeness (QED) is 0.600. The van der Waals surface area contributed by atoms with Crippen LogP contribution in [0.3, 0.4) is 0 Å². The van der Waals surface area contributed by atoms with Crippen molar-refractivity contribution in [2.45, 2.75) is 58.1 Å². The highest BCUT2D eigenvalue weighted by molar-refractivity contribution is 7.88. The lowest BCUT2D eigenvalue weighted by molar-refractivity contribution is -0.120. The molecule has 1 aliphatic carbocycles. The number of aliphatic hydroxyl groups is 1. The van der Waals surface area contributed by atoms with Gasteiger partial charge in [0.05, 0.1) is 36.7 Å². The molecular weight excluding hydrogens is 458 g/mol. The standard InChI is InChI=1S/C24H37N3O6S/c1-16-13-27(17(2)15-28)24(30)19-11-8-12-20(25-23(29)18-9-6-5-7-10-18)22(19)33-21(16)14-26(3)34(4,31)32/h8,11-12,16-18,21,28H,5-7,9-10,13-15H2,1-4H3,(H,25,29)/t16-,17+,21-/m1/s1. The Morgan fingerprint density at radius 2 is 1.97 bits per heavy atom. The minimum Gasteiger partial charge on any atom is -0.486 e. The second-order valence-corrected chi connectivity index (χ2v) is 11.8. The van der Waals surface area contributed by atoms with Crippen LogP contribution in [0.4, 0.5) is 5.69 Å². The number of sulfonamides is 1. The first kappa shape index (κ1) is 26.4. The fourth-order valence-corrected chi connectivity index (χ4v) is 4.97. The minimum absolute atomic E-state index is 0.0779. The number of carbonyl (C=O) groups is 2. The first-order valence-corrected chi connectivity index (χ1v) is 13.8. The minimum atomic E-state index is -3.45. The van der Waals surface area contributed by atoms with Gasteiger partial charge in [-0.2, -0.15) is 0 Å². The summed E-state index contributed by atoms with van der Waals surface area (Å²) in [5, 5.41) is 12.7. The van der Waals surface area contributed by atoms with Gasteiger partial charge < -0.3 is 20.1 Å². The number of hydrogen-bond acceptors (Lipinski definition) is 6. The summed E-state index contributed by atoms with van der Waals surface area (Å²) in [6.07, 6.45) is 5.40. The Kier molecular flexibility index (Phi) is 8.59. The van der Waals surface area contributed by atoms with E-state index in [4.69, 9.17) is 4.74 Å². The molecule has 0 aromatic heterocycles. The lowest BCUT2D eigenvalue weighted by atomic mass is 9.88. The summed E-state index contributed by atoms with van der Waals surface area (Å²) < 4.78 is 31.7. The van der Waals surface area contributed by atoms with E-state index in [0.29, 0.717) is 12.2 Å². The van der Waals surface area contributed by atoms with Crippen molar-refractivity contribution in [2.75, 3.05) is 38.3 Å². The van der Waals surface area contributed by atoms with Crippen LogP contribution >= 0.6 is 0 Å². The molecule has 190 valence electrons. The van der Waals surface area contributed by atoms with Crippen molar-refractivity contribution in [3.8, 4) is 5.75 Å². The zero-order valence-corrected chi connectivity index (χ0v) is 21.3. The monoisotopic (exact) mass is 495 g/mol. The fraction of sp³-hybridized carbons (Fsp3) is 0.667. The maximum Gasteiger partial charge on any atom is 0.258 e. The highest BCUT2D eigenvalue weighted by atomic mass is 32.2. The molecule has 10 heteroatoms. The second-order valence-electron chi connectivity index (χ2n) is 9.67. The van der Waals surface area contributed by atoms with E-state index in [0.717, 1.165) is 38.4 Å². The largest absolute Gasteiger partial charge is 0.486 e. The number of rotatable bonds is 7. The number of anilines is 1. The van der Waals surface area contributed by atoms with E-state index in [-0.39, 0.29) is 48.1 Å². The van der Waals surface area contributed by atoms with E-state index in [1.807, 2.05) is 6.92 Å². The summed E-state index contributed by atoms with van der Waals surface area (Å²) in [4.78, 5) is 28.0. The van der Waals surface area contributed by atoms with Gasteiger partial charge in [0.25, 0.3) is 5.91 Å². The van der Waals surface area contributed by atoms with Crippen LogP contribution in [0.1, 0.15) is 56.3 Å². The lowest BCUT2D eigenvalue weighted by Crippen LogP contribution is -2.50. The number of amides is 2. The Morgan fingerprint density at radius 1 is 1.29 bits per heavy atom. The second kappa shape index (κ2) is 11.0. The molecule has 0 saturated heterocycles. The van der Waals surface area contributed by atoms with Crippen LogP contribution in [0.25, 0.3) is 0 Å². The van der Waals surface area contributed by atoms with Gasteiger partial charge in [-0.1, -0.05) is 32.3 Å². The molecule has 1 aliphatic heterocycles. The van der Waals surface area contributed by atoms with E-state index in [2.05, 4.69) is 5.32 Å². The molecular formula is C24H37N3O6S. The molecule has 2 aliphatic rings. The molecule has 2 N–H and O–H groups in total. The lowest BCUT2D eigenvalue weighted by Gasteiger charge is -2.38. The maximum absolute atomic E-state index is 13.5. The van der Waals surface area contributed by atoms with E-state index >= 15 is 0 Å². The predicted molar refractivity (Wildman–Crippen MR) is 130 cm³/mol. The molecule has 9 nitrogen and oxygen atoms in total. The third-order valence-corrected chi connectivity index (χ3v) is 8.21. The van der Waals surface area contributed by atoms with Crippen LogP contribution in [-0.2, 0) is 14.8 Å². The number of nitrogens with zero attached hydrogens (tertiary/aromatic N) is 2. The summed E-state index contributed by atoms with van der Waals surface area (Å²) >= 11 is 0. The molecule has 1 aromatic carbocycles. The number of hydrogen-bond donors (Lipinski definition) is 2. The third kappa shape index (κ3) is 6.09. The summed E-state index contributed by atoms with van der Waals surface area (Å²) in [5.41, 5.74) is 0.680. The molecule has 1 fully saturated rings. The van der Waals surface area contributed by atoms with Crippen LogP contribution in [-0.4, -0.2) is 79.7 Å². The molecule has 3 atom stereocenters. The molecule has 1 aromatic rings. The van der Waals surface area contributed by atoms with Crippen LogP contribution in [0.2, 0.25) is 0 Å². The number of carbonyl (C=O) groups excluding carboxylic acids is 2. The van der Waals surface area contributed by atoms with Gasteiger partial charge in [0.2, 0.25) is 15.9 Å². The van der Waals surface area contributed by atoms with Crippen LogP contribution in [0, 0.1) is 11.8 Å². The molecule has 0 bridgehead atoms. The SMILES string of the molecule is C[C@@H]1CN([C@@H](C)CO)C(=O)c2cccc(NC(=O)C3CCCCC3)c2O[C@@H]1CN(C)S(C)(=O)=O. The summed E-state index contributed by atoms with van der Waals surface area (Å²) in [5.74, 6) is -0.467. The average Bonchev–Trinajstić information content (AvgIpc) is 2.81. The molecule has 0 spiro atoms. The number of benzene rings is 1. The van der Waals surface area contributed by atoms with Crippen LogP contribution < -0.4 is 10.1 Å². The Morgan fingerprint density at radius 3 is 2.59 bits per heavy atom. The van der Waals surface area contributed by atoms with Crippen molar-refractivity contribution < 1.29 is 27.9 Å². The predicted octanol–water partition coefficient (Wildman–Crippen LogP) is 2.32. The fourth-order valence-electron chi connectivity index (χ4n) is 4.55. The van der Waals surface area contributed by atoms with Gasteiger partial charge in [-0.25, -0.2) is 12.7 Å². The summed E-state index contributed by atoms with van der Waals surface area (Å²) in [6.45, 7) is 3.82. The van der Waals surface area contributed by atoms with E-state index in [1.165, 1.54) is 11.4 Å². The molecule has 0 unspecified atom stereocenters.